The Morgan fingerprint density at radius 2 is 2.17 bits per heavy atom. The number of aliphatic hydroxyl groups excluding tert-OH is 3. The summed E-state index contributed by atoms with van der Waals surface area (Å²) in [6.45, 7) is 0.175. The molecule has 0 aromatic heterocycles. The van der Waals surface area contributed by atoms with Gasteiger partial charge in [0.25, 0.3) is 0 Å². The summed E-state index contributed by atoms with van der Waals surface area (Å²) in [5.74, 6) is 0. The molecule has 0 aromatic carbocycles. The monoisotopic (exact) mass is 177 g/mol. The minimum absolute atomic E-state index is 0.159. The van der Waals surface area contributed by atoms with Crippen molar-refractivity contribution in [3.8, 4) is 0 Å². The molecule has 5 heteroatoms. The van der Waals surface area contributed by atoms with Gasteiger partial charge in [0.05, 0.1) is 18.8 Å². The minimum Gasteiger partial charge on any atom is -0.395 e. The molecule has 72 valence electrons. The Hall–Kier alpha value is -0.200. The van der Waals surface area contributed by atoms with E-state index in [0.29, 0.717) is 6.54 Å². The Balaban J connectivity index is 2.56. The van der Waals surface area contributed by atoms with Gasteiger partial charge in [0.15, 0.2) is 0 Å². The van der Waals surface area contributed by atoms with Gasteiger partial charge in [-0.25, -0.2) is 0 Å². The fourth-order valence-corrected chi connectivity index (χ4v) is 1.43. The maximum Gasteiger partial charge on any atom is 0.112 e. The summed E-state index contributed by atoms with van der Waals surface area (Å²) in [7, 11) is 1.43. The van der Waals surface area contributed by atoms with Crippen molar-refractivity contribution >= 4 is 0 Å². The van der Waals surface area contributed by atoms with Crippen molar-refractivity contribution < 1.29 is 20.1 Å². The zero-order valence-corrected chi connectivity index (χ0v) is 6.97. The van der Waals surface area contributed by atoms with Crippen LogP contribution in [0.15, 0.2) is 0 Å². The predicted molar refractivity (Wildman–Crippen MR) is 41.7 cm³/mol. The van der Waals surface area contributed by atoms with Crippen LogP contribution >= 0.6 is 0 Å². The van der Waals surface area contributed by atoms with Crippen LogP contribution < -0.4 is 5.32 Å². The van der Waals surface area contributed by atoms with Gasteiger partial charge in [-0.2, -0.15) is 0 Å². The number of hydrogen-bond acceptors (Lipinski definition) is 5. The summed E-state index contributed by atoms with van der Waals surface area (Å²) >= 11 is 0. The molecule has 0 bridgehead atoms. The molecular formula is C7H15NO4. The lowest BCUT2D eigenvalue weighted by Gasteiger charge is -2.37. The van der Waals surface area contributed by atoms with Gasteiger partial charge >= 0.3 is 0 Å². The second kappa shape index (κ2) is 4.15. The number of hydrogen-bond donors (Lipinski definition) is 4. The number of β-amino-alcohol motifs (C(OH)–C–C–N with tert-alkyl or cyclic N) is 1. The van der Waals surface area contributed by atoms with Crippen molar-refractivity contribution in [2.45, 2.75) is 24.4 Å². The highest BCUT2D eigenvalue weighted by molar-refractivity contribution is 4.92. The van der Waals surface area contributed by atoms with E-state index in [-0.39, 0.29) is 6.61 Å². The first kappa shape index (κ1) is 9.88. The molecule has 1 fully saturated rings. The lowest BCUT2D eigenvalue weighted by Crippen LogP contribution is -2.61. The molecule has 5 nitrogen and oxygen atoms in total. The third kappa shape index (κ3) is 1.75. The third-order valence-electron chi connectivity index (χ3n) is 2.19. The van der Waals surface area contributed by atoms with Crippen molar-refractivity contribution in [3.05, 3.63) is 0 Å². The van der Waals surface area contributed by atoms with E-state index in [0.717, 1.165) is 0 Å². The van der Waals surface area contributed by atoms with Crippen LogP contribution in [0.1, 0.15) is 0 Å². The maximum atomic E-state index is 9.49. The fourth-order valence-electron chi connectivity index (χ4n) is 1.43. The molecule has 1 rings (SSSR count). The number of piperidine rings is 1. The molecule has 4 N–H and O–H groups in total. The number of rotatable bonds is 2. The Labute approximate surface area is 71.0 Å². The molecule has 0 aliphatic carbocycles. The van der Waals surface area contributed by atoms with Crippen LogP contribution in [0.3, 0.4) is 0 Å². The second-order valence-corrected chi connectivity index (χ2v) is 2.96. The Kier molecular flexibility index (Phi) is 3.42. The van der Waals surface area contributed by atoms with Crippen LogP contribution in [0.4, 0.5) is 0 Å². The maximum absolute atomic E-state index is 9.49. The normalized spacial score (nSPS) is 43.0. The molecule has 1 aliphatic rings. The van der Waals surface area contributed by atoms with Gasteiger partial charge in [-0.3, -0.25) is 0 Å². The van der Waals surface area contributed by atoms with Crippen molar-refractivity contribution in [1.29, 1.82) is 0 Å². The summed E-state index contributed by atoms with van der Waals surface area (Å²) in [5, 5.41) is 30.4. The highest BCUT2D eigenvalue weighted by Gasteiger charge is 2.37. The number of aliphatic hydroxyl groups is 3. The zero-order valence-electron chi connectivity index (χ0n) is 6.97. The zero-order chi connectivity index (χ0) is 9.14. The lowest BCUT2D eigenvalue weighted by atomic mass is 9.96. The first-order chi connectivity index (χ1) is 5.70. The number of methoxy groups -OCH3 is 1. The SMILES string of the molecule is COC1C(O)CNC(CO)C1O. The van der Waals surface area contributed by atoms with Gasteiger partial charge in [0.1, 0.15) is 12.2 Å². The smallest absolute Gasteiger partial charge is 0.112 e. The molecule has 1 aliphatic heterocycles. The lowest BCUT2D eigenvalue weighted by molar-refractivity contribution is -0.118. The predicted octanol–water partition coefficient (Wildman–Crippen LogP) is -2.31. The van der Waals surface area contributed by atoms with E-state index < -0.39 is 24.4 Å². The van der Waals surface area contributed by atoms with Crippen LogP contribution in [0.25, 0.3) is 0 Å². The van der Waals surface area contributed by atoms with E-state index in [1.807, 2.05) is 0 Å². The van der Waals surface area contributed by atoms with Crippen LogP contribution in [-0.2, 0) is 4.74 Å². The molecule has 12 heavy (non-hydrogen) atoms. The molecule has 4 atom stereocenters. The first-order valence-corrected chi connectivity index (χ1v) is 3.94. The van der Waals surface area contributed by atoms with Gasteiger partial charge in [0.2, 0.25) is 0 Å². The molecule has 0 saturated carbocycles. The van der Waals surface area contributed by atoms with Gasteiger partial charge in [-0.1, -0.05) is 0 Å². The third-order valence-corrected chi connectivity index (χ3v) is 2.19. The van der Waals surface area contributed by atoms with Crippen LogP contribution in [-0.4, -0.2) is 59.9 Å². The van der Waals surface area contributed by atoms with E-state index >= 15 is 0 Å². The van der Waals surface area contributed by atoms with Gasteiger partial charge < -0.3 is 25.4 Å². The van der Waals surface area contributed by atoms with Crippen molar-refractivity contribution in [3.63, 3.8) is 0 Å². The Morgan fingerprint density at radius 3 is 2.67 bits per heavy atom. The molecule has 4 unspecified atom stereocenters. The molecule has 0 radical (unpaired) electrons. The largest absolute Gasteiger partial charge is 0.395 e. The van der Waals surface area contributed by atoms with Crippen molar-refractivity contribution in [1.82, 2.24) is 5.32 Å². The summed E-state index contributed by atoms with van der Waals surface area (Å²) in [5.41, 5.74) is 0. The molecule has 1 saturated heterocycles. The van der Waals surface area contributed by atoms with E-state index in [9.17, 15) is 10.2 Å². The Morgan fingerprint density at radius 1 is 1.50 bits per heavy atom. The molecule has 0 aromatic rings. The standard InChI is InChI=1S/C7H15NO4/c1-12-7-5(10)2-8-4(3-9)6(7)11/h4-11H,2-3H2,1H3. The molecule has 0 amide bonds. The van der Waals surface area contributed by atoms with Crippen LogP contribution in [0.2, 0.25) is 0 Å². The van der Waals surface area contributed by atoms with Gasteiger partial charge in [0, 0.05) is 13.7 Å². The Bertz CT molecular complexity index is 143. The van der Waals surface area contributed by atoms with E-state index in [2.05, 4.69) is 5.32 Å². The quantitative estimate of drug-likeness (QED) is 0.381. The molecular weight excluding hydrogens is 162 g/mol. The first-order valence-electron chi connectivity index (χ1n) is 3.94. The summed E-state index contributed by atoms with van der Waals surface area (Å²) < 4.78 is 4.90. The summed E-state index contributed by atoms with van der Waals surface area (Å²) in [4.78, 5) is 0. The molecule has 1 heterocycles. The van der Waals surface area contributed by atoms with Gasteiger partial charge in [-0.15, -0.1) is 0 Å². The van der Waals surface area contributed by atoms with Gasteiger partial charge in [-0.05, 0) is 0 Å². The van der Waals surface area contributed by atoms with E-state index in [1.165, 1.54) is 7.11 Å². The number of nitrogens with one attached hydrogen (secondary N) is 1. The average molecular weight is 177 g/mol. The van der Waals surface area contributed by atoms with Crippen LogP contribution in [0, 0.1) is 0 Å². The van der Waals surface area contributed by atoms with Crippen LogP contribution in [0.5, 0.6) is 0 Å². The highest BCUT2D eigenvalue weighted by Crippen LogP contribution is 2.12. The summed E-state index contributed by atoms with van der Waals surface area (Å²) in [6.07, 6.45) is -2.18. The summed E-state index contributed by atoms with van der Waals surface area (Å²) in [6, 6.07) is -0.404. The second-order valence-electron chi connectivity index (χ2n) is 2.96. The average Bonchev–Trinajstić information content (AvgIpc) is 2.06. The van der Waals surface area contributed by atoms with E-state index in [1.54, 1.807) is 0 Å². The topological polar surface area (TPSA) is 82.0 Å². The molecule has 0 spiro atoms. The fraction of sp³-hybridized carbons (Fsp3) is 1.00. The highest BCUT2D eigenvalue weighted by atomic mass is 16.5. The number of ether oxygens (including phenoxy) is 1. The van der Waals surface area contributed by atoms with Crippen molar-refractivity contribution in [2.75, 3.05) is 20.3 Å². The van der Waals surface area contributed by atoms with Crippen molar-refractivity contribution in [2.24, 2.45) is 0 Å². The minimum atomic E-state index is -0.858. The van der Waals surface area contributed by atoms with E-state index in [4.69, 9.17) is 9.84 Å².